The normalized spacial score (nSPS) is 18.6. The van der Waals surface area contributed by atoms with Crippen LogP contribution in [0.3, 0.4) is 0 Å². The van der Waals surface area contributed by atoms with Crippen LogP contribution in [0.5, 0.6) is 0 Å². The maximum absolute atomic E-state index is 12.5. The lowest BCUT2D eigenvalue weighted by Crippen LogP contribution is -2.28. The van der Waals surface area contributed by atoms with Crippen molar-refractivity contribution in [1.82, 2.24) is 15.3 Å². The molecule has 0 aliphatic heterocycles. The summed E-state index contributed by atoms with van der Waals surface area (Å²) in [5.74, 6) is 0.535. The maximum atomic E-state index is 12.5. The number of nitrogens with zero attached hydrogens (tertiary/aromatic N) is 1. The zero-order valence-electron chi connectivity index (χ0n) is 16.4. The second-order valence-corrected chi connectivity index (χ2v) is 8.61. The van der Waals surface area contributed by atoms with Crippen LogP contribution in [0.1, 0.15) is 68.6 Å². The second kappa shape index (κ2) is 7.39. The van der Waals surface area contributed by atoms with Gasteiger partial charge in [-0.15, -0.1) is 0 Å². The molecular formula is C21H31N3O2. The highest BCUT2D eigenvalue weighted by atomic mass is 16.3. The van der Waals surface area contributed by atoms with E-state index in [1.165, 1.54) is 5.56 Å². The molecule has 5 nitrogen and oxygen atoms in total. The van der Waals surface area contributed by atoms with Crippen molar-refractivity contribution in [3.05, 3.63) is 29.1 Å². The van der Waals surface area contributed by atoms with Gasteiger partial charge in [-0.3, -0.25) is 9.78 Å². The minimum Gasteiger partial charge on any atom is -0.393 e. The summed E-state index contributed by atoms with van der Waals surface area (Å²) in [5.41, 5.74) is 5.02. The Morgan fingerprint density at radius 1 is 1.46 bits per heavy atom. The summed E-state index contributed by atoms with van der Waals surface area (Å²) in [6.07, 6.45) is 5.83. The molecule has 2 atom stereocenters. The number of aromatic amines is 1. The number of carbonyl (C=O) groups is 1. The highest BCUT2D eigenvalue weighted by molar-refractivity contribution is 6.05. The number of fused-ring (bicyclic) bond motifs is 2. The van der Waals surface area contributed by atoms with Crippen LogP contribution in [-0.4, -0.2) is 33.6 Å². The predicted octanol–water partition coefficient (Wildman–Crippen LogP) is 3.60. The van der Waals surface area contributed by atoms with Crippen molar-refractivity contribution < 1.29 is 9.90 Å². The Balaban J connectivity index is 1.78. The van der Waals surface area contributed by atoms with Crippen molar-refractivity contribution in [1.29, 1.82) is 0 Å². The van der Waals surface area contributed by atoms with Gasteiger partial charge < -0.3 is 15.4 Å². The summed E-state index contributed by atoms with van der Waals surface area (Å²) in [7, 11) is 0. The number of aliphatic hydroxyl groups excluding tert-OH is 1. The second-order valence-electron chi connectivity index (χ2n) is 8.61. The number of pyridine rings is 1. The number of H-pyrrole nitrogens is 1. The van der Waals surface area contributed by atoms with Crippen molar-refractivity contribution in [3.63, 3.8) is 0 Å². The first-order valence-electron chi connectivity index (χ1n) is 9.75. The lowest BCUT2D eigenvalue weighted by Gasteiger charge is -2.34. The van der Waals surface area contributed by atoms with E-state index in [1.54, 1.807) is 6.20 Å². The highest BCUT2D eigenvalue weighted by Gasteiger charge is 2.30. The summed E-state index contributed by atoms with van der Waals surface area (Å²) >= 11 is 0. The number of aliphatic hydroxyl groups is 1. The van der Waals surface area contributed by atoms with E-state index in [-0.39, 0.29) is 12.0 Å². The fourth-order valence-electron chi connectivity index (χ4n) is 3.76. The van der Waals surface area contributed by atoms with Crippen molar-refractivity contribution >= 4 is 16.9 Å². The molecular weight excluding hydrogens is 326 g/mol. The molecule has 1 amide bonds. The van der Waals surface area contributed by atoms with E-state index in [0.717, 1.165) is 36.0 Å². The van der Waals surface area contributed by atoms with Gasteiger partial charge >= 0.3 is 0 Å². The molecule has 0 spiro atoms. The number of nitrogens with one attached hydrogen (secondary N) is 2. The van der Waals surface area contributed by atoms with Gasteiger partial charge in [-0.2, -0.15) is 0 Å². The van der Waals surface area contributed by atoms with Crippen LogP contribution in [0.4, 0.5) is 0 Å². The molecule has 2 aromatic rings. The van der Waals surface area contributed by atoms with Gasteiger partial charge in [0.25, 0.3) is 5.91 Å². The molecule has 0 fully saturated rings. The third kappa shape index (κ3) is 3.93. The molecule has 5 heteroatoms. The molecule has 2 unspecified atom stereocenters. The van der Waals surface area contributed by atoms with Crippen LogP contribution < -0.4 is 5.32 Å². The van der Waals surface area contributed by atoms with E-state index in [2.05, 4.69) is 37.1 Å². The number of carbonyl (C=O) groups excluding carboxylic acids is 1. The van der Waals surface area contributed by atoms with Crippen LogP contribution in [-0.2, 0) is 12.8 Å². The Hall–Kier alpha value is -1.88. The molecule has 0 bridgehead atoms. The quantitative estimate of drug-likeness (QED) is 0.765. The summed E-state index contributed by atoms with van der Waals surface area (Å²) in [6.45, 7) is 9.33. The first kappa shape index (κ1) is 18.9. The molecule has 3 N–H and O–H groups in total. The standard InChI is InChI=1S/C21H31N3O2/c1-5-15(25)8-9-22-20(26)16-12-23-18-11-13-10-14(21(2,3)4)6-7-17(13)24-19(16)18/h11-12,14-15,23,25H,5-10H2,1-4H3,(H,22,26). The van der Waals surface area contributed by atoms with E-state index in [1.807, 2.05) is 6.92 Å². The number of aryl methyl sites for hydroxylation is 1. The minimum atomic E-state index is -0.362. The number of hydrogen-bond acceptors (Lipinski definition) is 3. The zero-order valence-corrected chi connectivity index (χ0v) is 16.4. The van der Waals surface area contributed by atoms with Gasteiger partial charge in [0.2, 0.25) is 0 Å². The lowest BCUT2D eigenvalue weighted by atomic mass is 9.71. The number of hydrogen-bond donors (Lipinski definition) is 3. The zero-order chi connectivity index (χ0) is 18.9. The fraction of sp³-hybridized carbons (Fsp3) is 0.619. The topological polar surface area (TPSA) is 78.0 Å². The van der Waals surface area contributed by atoms with E-state index in [0.29, 0.717) is 36.3 Å². The van der Waals surface area contributed by atoms with Crippen molar-refractivity contribution in [2.45, 2.75) is 65.9 Å². The van der Waals surface area contributed by atoms with Gasteiger partial charge in [-0.25, -0.2) is 0 Å². The lowest BCUT2D eigenvalue weighted by molar-refractivity contribution is 0.0943. The van der Waals surface area contributed by atoms with Gasteiger partial charge in [0.15, 0.2) is 0 Å². The first-order valence-corrected chi connectivity index (χ1v) is 9.75. The van der Waals surface area contributed by atoms with Crippen molar-refractivity contribution in [2.24, 2.45) is 11.3 Å². The minimum absolute atomic E-state index is 0.129. The van der Waals surface area contributed by atoms with E-state index in [9.17, 15) is 9.90 Å². The summed E-state index contributed by atoms with van der Waals surface area (Å²) < 4.78 is 0. The van der Waals surface area contributed by atoms with Gasteiger partial charge in [0.1, 0.15) is 5.52 Å². The van der Waals surface area contributed by atoms with E-state index >= 15 is 0 Å². The van der Waals surface area contributed by atoms with Gasteiger partial charge in [0, 0.05) is 18.4 Å². The fourth-order valence-corrected chi connectivity index (χ4v) is 3.76. The molecule has 142 valence electrons. The van der Waals surface area contributed by atoms with Crippen LogP contribution in [0.25, 0.3) is 11.0 Å². The molecule has 0 aromatic carbocycles. The Bertz CT molecular complexity index is 788. The average molecular weight is 357 g/mol. The van der Waals surface area contributed by atoms with Crippen LogP contribution in [0.15, 0.2) is 12.3 Å². The first-order chi connectivity index (χ1) is 12.3. The van der Waals surface area contributed by atoms with Crippen LogP contribution in [0, 0.1) is 11.3 Å². The largest absolute Gasteiger partial charge is 0.393 e. The van der Waals surface area contributed by atoms with Crippen molar-refractivity contribution in [3.8, 4) is 0 Å². The molecule has 1 aliphatic carbocycles. The smallest absolute Gasteiger partial charge is 0.255 e. The van der Waals surface area contributed by atoms with E-state index in [4.69, 9.17) is 4.98 Å². The molecule has 2 aromatic heterocycles. The molecule has 26 heavy (non-hydrogen) atoms. The SMILES string of the molecule is CCC(O)CCNC(=O)c1c[nH]c2cc3c(nc12)CCC(C(C)(C)C)C3. The highest BCUT2D eigenvalue weighted by Crippen LogP contribution is 2.37. The Morgan fingerprint density at radius 3 is 2.92 bits per heavy atom. The summed E-state index contributed by atoms with van der Waals surface area (Å²) in [5, 5.41) is 12.5. The summed E-state index contributed by atoms with van der Waals surface area (Å²) in [4.78, 5) is 20.5. The predicted molar refractivity (Wildman–Crippen MR) is 104 cm³/mol. The monoisotopic (exact) mass is 357 g/mol. The summed E-state index contributed by atoms with van der Waals surface area (Å²) in [6, 6.07) is 2.17. The molecule has 0 saturated heterocycles. The third-order valence-corrected chi connectivity index (χ3v) is 5.72. The van der Waals surface area contributed by atoms with E-state index < -0.39 is 0 Å². The maximum Gasteiger partial charge on any atom is 0.255 e. The third-order valence-electron chi connectivity index (χ3n) is 5.72. The molecule has 3 rings (SSSR count). The van der Waals surface area contributed by atoms with Crippen LogP contribution >= 0.6 is 0 Å². The van der Waals surface area contributed by atoms with Gasteiger partial charge in [-0.05, 0) is 55.1 Å². The Labute approximate surface area is 155 Å². The van der Waals surface area contributed by atoms with Gasteiger partial charge in [-0.1, -0.05) is 27.7 Å². The number of aromatic nitrogens is 2. The molecule has 0 radical (unpaired) electrons. The molecule has 0 saturated carbocycles. The Morgan fingerprint density at radius 2 is 2.23 bits per heavy atom. The van der Waals surface area contributed by atoms with Crippen molar-refractivity contribution in [2.75, 3.05) is 6.54 Å². The number of rotatable bonds is 5. The van der Waals surface area contributed by atoms with Crippen LogP contribution in [0.2, 0.25) is 0 Å². The molecule has 2 heterocycles. The average Bonchev–Trinajstić information content (AvgIpc) is 3.00. The number of amides is 1. The Kier molecular flexibility index (Phi) is 5.37. The van der Waals surface area contributed by atoms with Gasteiger partial charge in [0.05, 0.1) is 17.2 Å². The molecule has 1 aliphatic rings.